The first-order valence-corrected chi connectivity index (χ1v) is 9.44. The van der Waals surface area contributed by atoms with Crippen LogP contribution in [0.3, 0.4) is 0 Å². The second-order valence-electron chi connectivity index (χ2n) is 6.82. The van der Waals surface area contributed by atoms with Gasteiger partial charge in [-0.3, -0.25) is 0 Å². The van der Waals surface area contributed by atoms with Crippen molar-refractivity contribution in [2.45, 2.75) is 12.5 Å². The largest absolute Gasteiger partial charge is 0.361 e. The number of aromatic nitrogens is 2. The predicted octanol–water partition coefficient (Wildman–Crippen LogP) is 4.87. The van der Waals surface area contributed by atoms with E-state index in [9.17, 15) is 0 Å². The first kappa shape index (κ1) is 14.9. The van der Waals surface area contributed by atoms with Crippen molar-refractivity contribution in [3.8, 4) is 10.6 Å². The van der Waals surface area contributed by atoms with Crippen LogP contribution in [-0.2, 0) is 6.54 Å². The van der Waals surface area contributed by atoms with Crippen molar-refractivity contribution < 1.29 is 0 Å². The van der Waals surface area contributed by atoms with Gasteiger partial charge in [-0.05, 0) is 47.3 Å². The third kappa shape index (κ3) is 2.58. The van der Waals surface area contributed by atoms with Crippen LogP contribution in [0.25, 0.3) is 21.5 Å². The summed E-state index contributed by atoms with van der Waals surface area (Å²) in [6.07, 6.45) is 3.88. The van der Waals surface area contributed by atoms with E-state index in [1.54, 1.807) is 11.3 Å². The van der Waals surface area contributed by atoms with E-state index >= 15 is 0 Å². The Hall–Kier alpha value is -2.43. The molecule has 124 valence electrons. The number of thiazole rings is 1. The molecule has 2 aromatic carbocycles. The van der Waals surface area contributed by atoms with Gasteiger partial charge in [0.15, 0.2) is 0 Å². The lowest BCUT2D eigenvalue weighted by Crippen LogP contribution is -2.31. The molecule has 1 aliphatic rings. The number of hydrogen-bond acceptors (Lipinski definition) is 3. The minimum atomic E-state index is 0.409. The lowest BCUT2D eigenvalue weighted by Gasteiger charge is -2.33. The van der Waals surface area contributed by atoms with E-state index in [-0.39, 0.29) is 0 Å². The Balaban J connectivity index is 1.60. The Morgan fingerprint density at radius 2 is 2.12 bits per heavy atom. The standard InChI is InChI=1S/C21H19N3S/c1-24-12-17-10-16(21-23-8-9-25-21)4-5-18(17)19(13-24)15-3-2-14-6-7-22-20(14)11-15/h2-11,19,22H,12-13H2,1H3. The minimum Gasteiger partial charge on any atom is -0.361 e. The van der Waals surface area contributed by atoms with Crippen LogP contribution in [0, 0.1) is 0 Å². The molecular formula is C21H19N3S. The van der Waals surface area contributed by atoms with E-state index in [1.165, 1.54) is 33.2 Å². The average molecular weight is 345 g/mol. The Labute approximate surface area is 151 Å². The Bertz CT molecular complexity index is 1030. The fraction of sp³-hybridized carbons (Fsp3) is 0.190. The van der Waals surface area contributed by atoms with Gasteiger partial charge < -0.3 is 9.88 Å². The number of H-pyrrole nitrogens is 1. The maximum atomic E-state index is 4.46. The van der Waals surface area contributed by atoms with Gasteiger partial charge in [0.1, 0.15) is 5.01 Å². The molecule has 2 aromatic heterocycles. The van der Waals surface area contributed by atoms with Crippen LogP contribution in [0.5, 0.6) is 0 Å². The van der Waals surface area contributed by atoms with E-state index in [0.717, 1.165) is 18.1 Å². The maximum absolute atomic E-state index is 4.46. The number of hydrogen-bond donors (Lipinski definition) is 1. The Morgan fingerprint density at radius 3 is 3.00 bits per heavy atom. The molecule has 0 fully saturated rings. The van der Waals surface area contributed by atoms with Crippen molar-refractivity contribution in [2.75, 3.05) is 13.6 Å². The van der Waals surface area contributed by atoms with Gasteiger partial charge in [0.2, 0.25) is 0 Å². The highest BCUT2D eigenvalue weighted by atomic mass is 32.1. The molecule has 0 aliphatic carbocycles. The van der Waals surface area contributed by atoms with Crippen LogP contribution in [0.15, 0.2) is 60.2 Å². The Morgan fingerprint density at radius 1 is 1.16 bits per heavy atom. The monoisotopic (exact) mass is 345 g/mol. The van der Waals surface area contributed by atoms with Gasteiger partial charge in [-0.2, -0.15) is 0 Å². The summed E-state index contributed by atoms with van der Waals surface area (Å²) in [7, 11) is 2.21. The van der Waals surface area contributed by atoms with Crippen LogP contribution in [0.4, 0.5) is 0 Å². The zero-order valence-corrected chi connectivity index (χ0v) is 14.9. The Kier molecular flexibility index (Phi) is 3.47. The molecule has 25 heavy (non-hydrogen) atoms. The summed E-state index contributed by atoms with van der Waals surface area (Å²) in [4.78, 5) is 10.2. The maximum Gasteiger partial charge on any atom is 0.123 e. The molecule has 0 saturated heterocycles. The lowest BCUT2D eigenvalue weighted by molar-refractivity contribution is 0.295. The SMILES string of the molecule is CN1Cc2cc(-c3nccs3)ccc2C(c2ccc3cc[nH]c3c2)C1. The first-order chi connectivity index (χ1) is 12.3. The zero-order chi connectivity index (χ0) is 16.8. The van der Waals surface area contributed by atoms with Gasteiger partial charge in [0.05, 0.1) is 0 Å². The first-order valence-electron chi connectivity index (χ1n) is 8.56. The summed E-state index contributed by atoms with van der Waals surface area (Å²) in [6.45, 7) is 2.05. The zero-order valence-electron chi connectivity index (χ0n) is 14.1. The summed E-state index contributed by atoms with van der Waals surface area (Å²) in [5, 5.41) is 4.41. The number of aromatic amines is 1. The van der Waals surface area contributed by atoms with E-state index in [1.807, 2.05) is 17.8 Å². The normalized spacial score (nSPS) is 17.7. The average Bonchev–Trinajstić information content (AvgIpc) is 3.31. The van der Waals surface area contributed by atoms with Crippen LogP contribution < -0.4 is 0 Å². The molecular weight excluding hydrogens is 326 g/mol. The smallest absolute Gasteiger partial charge is 0.123 e. The van der Waals surface area contributed by atoms with Crippen LogP contribution >= 0.6 is 11.3 Å². The number of likely N-dealkylation sites (N-methyl/N-ethyl adjacent to an activating group) is 1. The van der Waals surface area contributed by atoms with Crippen LogP contribution in [-0.4, -0.2) is 28.5 Å². The van der Waals surface area contributed by atoms with E-state index in [0.29, 0.717) is 5.92 Å². The summed E-state index contributed by atoms with van der Waals surface area (Å²) < 4.78 is 0. The third-order valence-electron chi connectivity index (χ3n) is 5.11. The number of benzene rings is 2. The van der Waals surface area contributed by atoms with Crippen molar-refractivity contribution in [3.63, 3.8) is 0 Å². The molecule has 1 unspecified atom stereocenters. The summed E-state index contributed by atoms with van der Waals surface area (Å²) in [5.41, 5.74) is 6.68. The molecule has 0 amide bonds. The van der Waals surface area contributed by atoms with Gasteiger partial charge in [-0.1, -0.05) is 24.3 Å². The number of nitrogens with zero attached hydrogens (tertiary/aromatic N) is 2. The van der Waals surface area contributed by atoms with E-state index in [4.69, 9.17) is 0 Å². The van der Waals surface area contributed by atoms with Crippen LogP contribution in [0.2, 0.25) is 0 Å². The topological polar surface area (TPSA) is 31.9 Å². The molecule has 3 nitrogen and oxygen atoms in total. The molecule has 4 heteroatoms. The number of nitrogens with one attached hydrogen (secondary N) is 1. The summed E-state index contributed by atoms with van der Waals surface area (Å²) >= 11 is 1.70. The van der Waals surface area contributed by atoms with Gasteiger partial charge >= 0.3 is 0 Å². The molecule has 1 aliphatic heterocycles. The minimum absolute atomic E-state index is 0.409. The molecule has 0 saturated carbocycles. The number of rotatable bonds is 2. The van der Waals surface area contributed by atoms with Gasteiger partial charge in [-0.25, -0.2) is 4.98 Å². The quantitative estimate of drug-likeness (QED) is 0.562. The van der Waals surface area contributed by atoms with E-state index < -0.39 is 0 Å². The van der Waals surface area contributed by atoms with Gasteiger partial charge in [0.25, 0.3) is 0 Å². The fourth-order valence-electron chi connectivity index (χ4n) is 3.91. The molecule has 0 spiro atoms. The number of fused-ring (bicyclic) bond motifs is 2. The molecule has 1 atom stereocenters. The summed E-state index contributed by atoms with van der Waals surface area (Å²) in [5.74, 6) is 0.409. The second kappa shape index (κ2) is 5.83. The lowest BCUT2D eigenvalue weighted by atomic mass is 9.84. The summed E-state index contributed by atoms with van der Waals surface area (Å²) in [6, 6.07) is 15.8. The van der Waals surface area contributed by atoms with Crippen molar-refractivity contribution in [1.29, 1.82) is 0 Å². The predicted molar refractivity (Wildman–Crippen MR) is 104 cm³/mol. The molecule has 1 N–H and O–H groups in total. The molecule has 3 heterocycles. The fourth-order valence-corrected chi connectivity index (χ4v) is 4.55. The van der Waals surface area contributed by atoms with Crippen molar-refractivity contribution >= 4 is 22.2 Å². The van der Waals surface area contributed by atoms with Crippen molar-refractivity contribution in [1.82, 2.24) is 14.9 Å². The second-order valence-corrected chi connectivity index (χ2v) is 7.72. The molecule has 5 rings (SSSR count). The van der Waals surface area contributed by atoms with E-state index in [2.05, 4.69) is 64.4 Å². The highest BCUT2D eigenvalue weighted by Crippen LogP contribution is 2.36. The molecule has 0 bridgehead atoms. The van der Waals surface area contributed by atoms with Gasteiger partial charge in [-0.15, -0.1) is 11.3 Å². The highest BCUT2D eigenvalue weighted by Gasteiger charge is 2.25. The van der Waals surface area contributed by atoms with Crippen LogP contribution in [0.1, 0.15) is 22.6 Å². The van der Waals surface area contributed by atoms with Crippen molar-refractivity contribution in [2.24, 2.45) is 0 Å². The van der Waals surface area contributed by atoms with Gasteiger partial charge in [0, 0.05) is 47.9 Å². The molecule has 0 radical (unpaired) electrons. The van der Waals surface area contributed by atoms with Crippen molar-refractivity contribution in [3.05, 3.63) is 76.9 Å². The molecule has 4 aromatic rings. The highest BCUT2D eigenvalue weighted by molar-refractivity contribution is 7.13. The third-order valence-corrected chi connectivity index (χ3v) is 5.94.